The van der Waals surface area contributed by atoms with E-state index in [1.54, 1.807) is 7.11 Å². The largest absolute Gasteiger partial charge is 0.497 e. The molecule has 5 nitrogen and oxygen atoms in total. The highest BCUT2D eigenvalue weighted by Gasteiger charge is 2.21. The number of amides is 2. The van der Waals surface area contributed by atoms with Crippen molar-refractivity contribution in [1.29, 1.82) is 0 Å². The molecule has 0 spiro atoms. The normalized spacial score (nSPS) is 16.6. The van der Waals surface area contributed by atoms with Crippen LogP contribution in [0.1, 0.15) is 50.6 Å². The van der Waals surface area contributed by atoms with E-state index < -0.39 is 11.8 Å². The highest BCUT2D eigenvalue weighted by Crippen LogP contribution is 2.18. The fourth-order valence-electron chi connectivity index (χ4n) is 2.74. The number of benzene rings is 1. The molecule has 0 unspecified atom stereocenters. The van der Waals surface area contributed by atoms with Crippen molar-refractivity contribution in [3.8, 4) is 5.75 Å². The summed E-state index contributed by atoms with van der Waals surface area (Å²) in [5.74, 6) is -0.349. The Morgan fingerprint density at radius 2 is 1.73 bits per heavy atom. The Morgan fingerprint density at radius 1 is 1.09 bits per heavy atom. The molecule has 1 fully saturated rings. The minimum absolute atomic E-state index is 0.142. The molecule has 120 valence electrons. The lowest BCUT2D eigenvalue weighted by Crippen LogP contribution is -2.45. The molecule has 0 saturated heterocycles. The second-order valence-electron chi connectivity index (χ2n) is 5.78. The van der Waals surface area contributed by atoms with E-state index in [1.165, 1.54) is 6.42 Å². The average molecular weight is 304 g/mol. The van der Waals surface area contributed by atoms with Crippen molar-refractivity contribution >= 4 is 11.8 Å². The highest BCUT2D eigenvalue weighted by atomic mass is 16.5. The lowest BCUT2D eigenvalue weighted by molar-refractivity contribution is -0.140. The summed E-state index contributed by atoms with van der Waals surface area (Å²) in [6, 6.07) is 7.34. The number of rotatable bonds is 4. The Morgan fingerprint density at radius 3 is 2.32 bits per heavy atom. The minimum atomic E-state index is -0.575. The predicted octanol–water partition coefficient (Wildman–Crippen LogP) is 2.32. The molecule has 0 radical (unpaired) electrons. The van der Waals surface area contributed by atoms with E-state index in [9.17, 15) is 9.59 Å². The topological polar surface area (TPSA) is 67.4 Å². The summed E-state index contributed by atoms with van der Waals surface area (Å²) in [6.07, 6.45) is 5.39. The first-order chi connectivity index (χ1) is 10.6. The molecule has 0 heterocycles. The van der Waals surface area contributed by atoms with Crippen molar-refractivity contribution < 1.29 is 14.3 Å². The van der Waals surface area contributed by atoms with Gasteiger partial charge in [0.2, 0.25) is 0 Å². The average Bonchev–Trinajstić information content (AvgIpc) is 2.55. The minimum Gasteiger partial charge on any atom is -0.497 e. The second-order valence-corrected chi connectivity index (χ2v) is 5.78. The molecule has 22 heavy (non-hydrogen) atoms. The van der Waals surface area contributed by atoms with Gasteiger partial charge in [-0.2, -0.15) is 0 Å². The maximum Gasteiger partial charge on any atom is 0.309 e. The number of hydrogen-bond donors (Lipinski definition) is 2. The molecule has 0 aromatic heterocycles. The van der Waals surface area contributed by atoms with Gasteiger partial charge in [0.05, 0.1) is 13.2 Å². The van der Waals surface area contributed by atoms with Crippen LogP contribution in [0.2, 0.25) is 0 Å². The van der Waals surface area contributed by atoms with Crippen molar-refractivity contribution in [3.63, 3.8) is 0 Å². The zero-order valence-corrected chi connectivity index (χ0v) is 13.2. The zero-order valence-electron chi connectivity index (χ0n) is 13.2. The molecule has 1 aromatic rings. The molecular formula is C17H24N2O3. The van der Waals surface area contributed by atoms with Crippen LogP contribution in [0.25, 0.3) is 0 Å². The van der Waals surface area contributed by atoms with Crippen molar-refractivity contribution in [1.82, 2.24) is 10.6 Å². The molecule has 1 atom stereocenters. The van der Waals surface area contributed by atoms with Crippen LogP contribution in [-0.4, -0.2) is 25.0 Å². The summed E-state index contributed by atoms with van der Waals surface area (Å²) in [6.45, 7) is 1.85. The van der Waals surface area contributed by atoms with Crippen LogP contribution < -0.4 is 15.4 Å². The molecule has 2 rings (SSSR count). The number of carbonyl (C=O) groups excluding carboxylic acids is 2. The van der Waals surface area contributed by atoms with Gasteiger partial charge in [-0.1, -0.05) is 31.4 Å². The number of methoxy groups -OCH3 is 1. The quantitative estimate of drug-likeness (QED) is 0.839. The van der Waals surface area contributed by atoms with Gasteiger partial charge in [-0.05, 0) is 37.5 Å². The summed E-state index contributed by atoms with van der Waals surface area (Å²) in [5, 5.41) is 5.55. The molecule has 1 aliphatic rings. The first-order valence-corrected chi connectivity index (χ1v) is 7.85. The Labute approximate surface area is 131 Å². The summed E-state index contributed by atoms with van der Waals surface area (Å²) in [7, 11) is 1.61. The predicted molar refractivity (Wildman–Crippen MR) is 84.6 cm³/mol. The van der Waals surface area contributed by atoms with Crippen molar-refractivity contribution in [3.05, 3.63) is 29.8 Å². The van der Waals surface area contributed by atoms with Gasteiger partial charge < -0.3 is 15.4 Å². The van der Waals surface area contributed by atoms with Crippen LogP contribution in [0.4, 0.5) is 0 Å². The van der Waals surface area contributed by atoms with Gasteiger partial charge in [-0.15, -0.1) is 0 Å². The summed E-state index contributed by atoms with van der Waals surface area (Å²) in [5.41, 5.74) is 0.930. The fraction of sp³-hybridized carbons (Fsp3) is 0.529. The van der Waals surface area contributed by atoms with Gasteiger partial charge in [0.15, 0.2) is 0 Å². The smallest absolute Gasteiger partial charge is 0.309 e. The Bertz CT molecular complexity index is 507. The first kappa shape index (κ1) is 16.3. The Hall–Kier alpha value is -2.04. The molecule has 2 amide bonds. The monoisotopic (exact) mass is 304 g/mol. The first-order valence-electron chi connectivity index (χ1n) is 7.85. The third kappa shape index (κ3) is 4.48. The lowest BCUT2D eigenvalue weighted by Gasteiger charge is -2.23. The van der Waals surface area contributed by atoms with Crippen LogP contribution in [-0.2, 0) is 9.59 Å². The second kappa shape index (κ2) is 7.82. The van der Waals surface area contributed by atoms with E-state index >= 15 is 0 Å². The summed E-state index contributed by atoms with van der Waals surface area (Å²) < 4.78 is 5.10. The molecule has 0 bridgehead atoms. The summed E-state index contributed by atoms with van der Waals surface area (Å²) in [4.78, 5) is 23.9. The van der Waals surface area contributed by atoms with Crippen molar-refractivity contribution in [2.24, 2.45) is 0 Å². The van der Waals surface area contributed by atoms with Gasteiger partial charge in [-0.3, -0.25) is 9.59 Å². The molecular weight excluding hydrogens is 280 g/mol. The molecule has 0 aliphatic heterocycles. The fourth-order valence-corrected chi connectivity index (χ4v) is 2.74. The molecule has 2 N–H and O–H groups in total. The Balaban J connectivity index is 1.85. The van der Waals surface area contributed by atoms with E-state index in [1.807, 2.05) is 31.2 Å². The van der Waals surface area contributed by atoms with E-state index in [0.29, 0.717) is 0 Å². The summed E-state index contributed by atoms with van der Waals surface area (Å²) >= 11 is 0. The maximum absolute atomic E-state index is 12.0. The lowest BCUT2D eigenvalue weighted by atomic mass is 9.95. The number of nitrogens with one attached hydrogen (secondary N) is 2. The molecule has 1 saturated carbocycles. The van der Waals surface area contributed by atoms with Crippen LogP contribution in [0, 0.1) is 0 Å². The van der Waals surface area contributed by atoms with Gasteiger partial charge >= 0.3 is 11.8 Å². The Kier molecular flexibility index (Phi) is 5.81. The molecule has 1 aliphatic carbocycles. The number of hydrogen-bond acceptors (Lipinski definition) is 3. The van der Waals surface area contributed by atoms with E-state index in [2.05, 4.69) is 10.6 Å². The van der Waals surface area contributed by atoms with E-state index in [-0.39, 0.29) is 12.1 Å². The highest BCUT2D eigenvalue weighted by molar-refractivity contribution is 6.35. The van der Waals surface area contributed by atoms with Crippen LogP contribution in [0.3, 0.4) is 0 Å². The van der Waals surface area contributed by atoms with E-state index in [4.69, 9.17) is 4.74 Å². The zero-order chi connectivity index (χ0) is 15.9. The van der Waals surface area contributed by atoms with E-state index in [0.717, 1.165) is 37.0 Å². The van der Waals surface area contributed by atoms with Gasteiger partial charge in [-0.25, -0.2) is 0 Å². The number of ether oxygens (including phenoxy) is 1. The standard InChI is InChI=1S/C17H24N2O3/c1-12(13-8-10-15(22-2)11-9-13)18-16(20)17(21)19-14-6-4-3-5-7-14/h8-12,14H,3-7H2,1-2H3,(H,18,20)(H,19,21)/t12-/m0/s1. The third-order valence-corrected chi connectivity index (χ3v) is 4.11. The van der Waals surface area contributed by atoms with Crippen molar-refractivity contribution in [2.45, 2.75) is 51.1 Å². The van der Waals surface area contributed by atoms with Crippen LogP contribution >= 0.6 is 0 Å². The van der Waals surface area contributed by atoms with Gasteiger partial charge in [0, 0.05) is 6.04 Å². The third-order valence-electron chi connectivity index (χ3n) is 4.11. The number of carbonyl (C=O) groups is 2. The maximum atomic E-state index is 12.0. The SMILES string of the molecule is COc1ccc([C@H](C)NC(=O)C(=O)NC2CCCCC2)cc1. The van der Waals surface area contributed by atoms with Crippen LogP contribution in [0.15, 0.2) is 24.3 Å². The molecule has 1 aromatic carbocycles. The van der Waals surface area contributed by atoms with Crippen molar-refractivity contribution in [2.75, 3.05) is 7.11 Å². The van der Waals surface area contributed by atoms with Crippen LogP contribution in [0.5, 0.6) is 5.75 Å². The van der Waals surface area contributed by atoms with Gasteiger partial charge in [0.1, 0.15) is 5.75 Å². The van der Waals surface area contributed by atoms with Gasteiger partial charge in [0.25, 0.3) is 0 Å². The molecule has 5 heteroatoms.